The van der Waals surface area contributed by atoms with E-state index in [0.29, 0.717) is 68.7 Å². The summed E-state index contributed by atoms with van der Waals surface area (Å²) in [6, 6.07) is 4.16. The minimum Gasteiger partial charge on any atom is -0.436 e. The van der Waals surface area contributed by atoms with E-state index >= 15 is 0 Å². The number of nitrogens with zero attached hydrogens (tertiary/aromatic N) is 5. The van der Waals surface area contributed by atoms with E-state index in [1.807, 2.05) is 28.2 Å². The van der Waals surface area contributed by atoms with Crippen LogP contribution in [0, 0.1) is 0 Å². The molecule has 3 fully saturated rings. The highest BCUT2D eigenvalue weighted by atomic mass is 35.5. The first-order valence-corrected chi connectivity index (χ1v) is 18.9. The summed E-state index contributed by atoms with van der Waals surface area (Å²) in [6.45, 7) is 9.20. The Hall–Kier alpha value is -3.06. The number of aryl methyl sites for hydroxylation is 1. The third-order valence-corrected chi connectivity index (χ3v) is 11.8. The van der Waals surface area contributed by atoms with E-state index in [-0.39, 0.29) is 24.4 Å². The van der Waals surface area contributed by atoms with Crippen molar-refractivity contribution in [3.63, 3.8) is 0 Å². The quantitative estimate of drug-likeness (QED) is 0.400. The molecule has 262 valence electrons. The highest BCUT2D eigenvalue weighted by Crippen LogP contribution is 2.29. The van der Waals surface area contributed by atoms with Gasteiger partial charge in [-0.05, 0) is 93.2 Å². The van der Waals surface area contributed by atoms with E-state index in [2.05, 4.69) is 27.5 Å². The van der Waals surface area contributed by atoms with E-state index in [1.54, 1.807) is 22.3 Å². The summed E-state index contributed by atoms with van der Waals surface area (Å²) in [5.41, 5.74) is 10.5. The van der Waals surface area contributed by atoms with Crippen molar-refractivity contribution >= 4 is 52.3 Å². The van der Waals surface area contributed by atoms with Gasteiger partial charge in [0.15, 0.2) is 6.10 Å². The predicted molar refractivity (Wildman–Crippen MR) is 191 cm³/mol. The molecule has 48 heavy (non-hydrogen) atoms. The lowest BCUT2D eigenvalue weighted by Gasteiger charge is -2.40. The summed E-state index contributed by atoms with van der Waals surface area (Å²) < 4.78 is 6.09. The molecule has 6 rings (SSSR count). The summed E-state index contributed by atoms with van der Waals surface area (Å²) in [7, 11) is 2.18. The number of benzene rings is 1. The lowest BCUT2D eigenvalue weighted by atomic mass is 9.99. The Morgan fingerprint density at radius 2 is 1.71 bits per heavy atom. The SMILES string of the molecule is CCc1cc(C[C@@H](OC(=O)N2CCC(N3CCc4cscc4NC3=O)CC2)C(=O)N2CCC(N3CCCN(C)CC3)CC2)cc(Cl)c1N. The zero-order valence-electron chi connectivity index (χ0n) is 28.3. The lowest BCUT2D eigenvalue weighted by Crippen LogP contribution is -2.53. The van der Waals surface area contributed by atoms with Crippen LogP contribution in [0.5, 0.6) is 0 Å². The number of fused-ring (bicyclic) bond motifs is 1. The van der Waals surface area contributed by atoms with Crippen molar-refractivity contribution in [2.75, 3.05) is 77.0 Å². The van der Waals surface area contributed by atoms with Gasteiger partial charge < -0.3 is 35.4 Å². The van der Waals surface area contributed by atoms with E-state index in [0.717, 1.165) is 68.7 Å². The zero-order valence-corrected chi connectivity index (χ0v) is 29.9. The number of nitrogen functional groups attached to an aromatic ring is 1. The molecule has 1 atom stereocenters. The van der Waals surface area contributed by atoms with Crippen LogP contribution in [0.4, 0.5) is 21.0 Å². The van der Waals surface area contributed by atoms with Crippen LogP contribution >= 0.6 is 22.9 Å². The Kier molecular flexibility index (Phi) is 11.3. The molecule has 4 aliphatic rings. The number of ether oxygens (including phenoxy) is 1. The van der Waals surface area contributed by atoms with Crippen LogP contribution in [-0.2, 0) is 28.8 Å². The number of hydrogen-bond acceptors (Lipinski definition) is 8. The van der Waals surface area contributed by atoms with Crippen LogP contribution in [0.15, 0.2) is 22.9 Å². The molecule has 2 aromatic rings. The Morgan fingerprint density at radius 3 is 2.46 bits per heavy atom. The van der Waals surface area contributed by atoms with Crippen LogP contribution in [0.25, 0.3) is 0 Å². The number of nitrogens with two attached hydrogens (primary N) is 1. The molecule has 1 aromatic heterocycles. The number of amides is 4. The molecule has 3 N–H and O–H groups in total. The van der Waals surface area contributed by atoms with Gasteiger partial charge in [0.1, 0.15) is 0 Å². The minimum absolute atomic E-state index is 0.0365. The van der Waals surface area contributed by atoms with Gasteiger partial charge in [-0.15, -0.1) is 11.3 Å². The molecule has 5 heterocycles. The number of carbonyl (C=O) groups excluding carboxylic acids is 3. The Balaban J connectivity index is 1.09. The first kappa shape index (κ1) is 34.8. The number of carbonyl (C=O) groups is 3. The van der Waals surface area contributed by atoms with Crippen LogP contribution in [0.2, 0.25) is 5.02 Å². The van der Waals surface area contributed by atoms with Crippen molar-refractivity contribution < 1.29 is 19.1 Å². The number of rotatable bonds is 7. The van der Waals surface area contributed by atoms with Gasteiger partial charge in [-0.25, -0.2) is 9.59 Å². The fourth-order valence-corrected chi connectivity index (χ4v) is 8.77. The largest absolute Gasteiger partial charge is 0.436 e. The average molecular weight is 700 g/mol. The van der Waals surface area contributed by atoms with Crippen LogP contribution in [-0.4, -0.2) is 127 Å². The molecular weight excluding hydrogens is 650 g/mol. The molecule has 13 heteroatoms. The first-order chi connectivity index (χ1) is 23.2. The number of urea groups is 1. The van der Waals surface area contributed by atoms with Crippen LogP contribution < -0.4 is 11.1 Å². The molecule has 0 unspecified atom stereocenters. The molecule has 0 bridgehead atoms. The van der Waals surface area contributed by atoms with Gasteiger partial charge in [0, 0.05) is 69.7 Å². The zero-order chi connectivity index (χ0) is 33.8. The second-order valence-corrected chi connectivity index (χ2v) is 14.9. The number of anilines is 2. The maximum Gasteiger partial charge on any atom is 0.410 e. The second kappa shape index (κ2) is 15.7. The number of likely N-dealkylation sites (tertiary alicyclic amines) is 2. The third kappa shape index (κ3) is 8.04. The maximum absolute atomic E-state index is 14.1. The molecule has 3 saturated heterocycles. The fraction of sp³-hybridized carbons (Fsp3) is 0.629. The van der Waals surface area contributed by atoms with Crippen molar-refractivity contribution in [2.24, 2.45) is 0 Å². The molecule has 0 saturated carbocycles. The summed E-state index contributed by atoms with van der Waals surface area (Å²) in [6.07, 6.45) is 4.57. The first-order valence-electron chi connectivity index (χ1n) is 17.6. The summed E-state index contributed by atoms with van der Waals surface area (Å²) >= 11 is 8.09. The molecule has 4 amide bonds. The molecule has 0 radical (unpaired) electrons. The Morgan fingerprint density at radius 1 is 0.979 bits per heavy atom. The second-order valence-electron chi connectivity index (χ2n) is 13.7. The van der Waals surface area contributed by atoms with Gasteiger partial charge in [-0.1, -0.05) is 24.6 Å². The van der Waals surface area contributed by atoms with Gasteiger partial charge in [-0.2, -0.15) is 0 Å². The Labute approximate surface area is 293 Å². The number of nitrogens with one attached hydrogen (secondary N) is 1. The van der Waals surface area contributed by atoms with Gasteiger partial charge >= 0.3 is 12.1 Å². The molecule has 4 aliphatic heterocycles. The highest BCUT2D eigenvalue weighted by molar-refractivity contribution is 7.08. The maximum atomic E-state index is 14.1. The van der Waals surface area contributed by atoms with Crippen molar-refractivity contribution in [3.05, 3.63) is 44.6 Å². The number of thiophene rings is 1. The fourth-order valence-electron chi connectivity index (χ4n) is 7.69. The van der Waals surface area contributed by atoms with Gasteiger partial charge in [0.05, 0.1) is 16.4 Å². The van der Waals surface area contributed by atoms with Gasteiger partial charge in [0.25, 0.3) is 5.91 Å². The molecule has 0 aliphatic carbocycles. The number of halogens is 1. The van der Waals surface area contributed by atoms with Crippen molar-refractivity contribution in [2.45, 2.75) is 76.5 Å². The van der Waals surface area contributed by atoms with Crippen molar-refractivity contribution in [3.8, 4) is 0 Å². The minimum atomic E-state index is -0.974. The smallest absolute Gasteiger partial charge is 0.410 e. The monoisotopic (exact) mass is 699 g/mol. The summed E-state index contributed by atoms with van der Waals surface area (Å²) in [4.78, 5) is 51.2. The highest BCUT2D eigenvalue weighted by Gasteiger charge is 2.36. The average Bonchev–Trinajstić information content (AvgIpc) is 3.32. The number of likely N-dealkylation sites (N-methyl/N-ethyl adjacent to an activating group) is 1. The predicted octanol–water partition coefficient (Wildman–Crippen LogP) is 4.78. The van der Waals surface area contributed by atoms with Crippen LogP contribution in [0.3, 0.4) is 0 Å². The lowest BCUT2D eigenvalue weighted by molar-refractivity contribution is -0.142. The van der Waals surface area contributed by atoms with E-state index in [1.165, 1.54) is 5.56 Å². The van der Waals surface area contributed by atoms with E-state index in [4.69, 9.17) is 22.1 Å². The number of hydrogen-bond donors (Lipinski definition) is 2. The standard InChI is InChI=1S/C35H50ClN7O4S/c1-3-25-19-24(20-29(36)32(25)37)21-31(33(44)41-12-6-27(7-13-41)40-11-4-10-39(2)17-18-40)47-35(46)42-14-8-28(9-15-42)43-16-5-26-22-48-23-30(26)38-34(43)45/h19-20,22-23,27-28,31H,3-18,21,37H2,1-2H3,(H,38,45)/t31-/m1/s1. The normalized spacial score (nSPS) is 21.3. The Bertz CT molecular complexity index is 1460. The van der Waals surface area contributed by atoms with E-state index < -0.39 is 12.2 Å². The summed E-state index contributed by atoms with van der Waals surface area (Å²) in [5.74, 6) is -0.160. The molecule has 11 nitrogen and oxygen atoms in total. The van der Waals surface area contributed by atoms with Gasteiger partial charge in [-0.3, -0.25) is 9.69 Å². The van der Waals surface area contributed by atoms with Gasteiger partial charge in [0.2, 0.25) is 0 Å². The van der Waals surface area contributed by atoms with Crippen LogP contribution in [0.1, 0.15) is 55.7 Å². The topological polar surface area (TPSA) is 115 Å². The van der Waals surface area contributed by atoms with Crippen molar-refractivity contribution in [1.29, 1.82) is 0 Å². The molecule has 0 spiro atoms. The number of piperidine rings is 2. The third-order valence-electron chi connectivity index (χ3n) is 10.7. The molecule has 1 aromatic carbocycles. The molecular formula is C35H50ClN7O4S. The summed E-state index contributed by atoms with van der Waals surface area (Å²) in [5, 5.41) is 7.56. The van der Waals surface area contributed by atoms with E-state index in [9.17, 15) is 14.4 Å². The van der Waals surface area contributed by atoms with Crippen molar-refractivity contribution in [1.82, 2.24) is 24.5 Å².